The molecule has 3 amide bonds. The molecule has 0 saturated heterocycles. The molecule has 120 valence electrons. The molecule has 0 bridgehead atoms. The lowest BCUT2D eigenvalue weighted by molar-refractivity contribution is -0.133. The maximum atomic E-state index is 11.6. The molecule has 0 aromatic heterocycles. The minimum atomic E-state index is -1.17. The van der Waals surface area contributed by atoms with Crippen molar-refractivity contribution >= 4 is 29.7 Å². The molecule has 0 aromatic rings. The van der Waals surface area contributed by atoms with E-state index in [-0.39, 0.29) is 11.1 Å². The van der Waals surface area contributed by atoms with E-state index >= 15 is 0 Å². The fourth-order valence-electron chi connectivity index (χ4n) is 1.50. The third-order valence-corrected chi connectivity index (χ3v) is 3.71. The Hall–Kier alpha value is -1.50. The van der Waals surface area contributed by atoms with Crippen LogP contribution in [0, 0.1) is 0 Å². The van der Waals surface area contributed by atoms with Crippen molar-refractivity contribution in [2.45, 2.75) is 39.5 Å². The van der Waals surface area contributed by atoms with Crippen LogP contribution in [0.15, 0.2) is 11.1 Å². The first-order chi connectivity index (χ1) is 9.90. The Morgan fingerprint density at radius 3 is 2.19 bits per heavy atom. The maximum Gasteiger partial charge on any atom is 0.331 e. The van der Waals surface area contributed by atoms with Crippen LogP contribution in [-0.2, 0) is 9.59 Å². The van der Waals surface area contributed by atoms with E-state index in [2.05, 4.69) is 16.9 Å². The highest BCUT2D eigenvalue weighted by atomic mass is 32.2. The predicted octanol–water partition coefficient (Wildman–Crippen LogP) is 2.16. The van der Waals surface area contributed by atoms with Crippen molar-refractivity contribution in [1.29, 1.82) is 0 Å². The van der Waals surface area contributed by atoms with Crippen LogP contribution in [0.2, 0.25) is 0 Å². The molecular formula is C14H24N2O4S. The number of amides is 3. The molecule has 0 aliphatic rings. The molecule has 0 aliphatic heterocycles. The summed E-state index contributed by atoms with van der Waals surface area (Å²) in [5.41, 5.74) is -0.0520. The number of carboxylic acids is 1. The highest BCUT2D eigenvalue weighted by Crippen LogP contribution is 2.04. The Labute approximate surface area is 129 Å². The lowest BCUT2D eigenvalue weighted by Crippen LogP contribution is -2.40. The SMILES string of the molecule is CSCCCCCCNC(=O)NC(=O)C(C)=C(C)C(=O)O. The van der Waals surface area contributed by atoms with E-state index in [0.717, 1.165) is 25.0 Å². The lowest BCUT2D eigenvalue weighted by Gasteiger charge is -2.08. The fourth-order valence-corrected chi connectivity index (χ4v) is 1.99. The second-order valence-corrected chi connectivity index (χ2v) is 5.66. The molecule has 0 atom stereocenters. The molecule has 6 nitrogen and oxygen atoms in total. The van der Waals surface area contributed by atoms with Crippen molar-refractivity contribution in [3.05, 3.63) is 11.1 Å². The molecule has 0 spiro atoms. The van der Waals surface area contributed by atoms with Gasteiger partial charge in [0.1, 0.15) is 0 Å². The number of imide groups is 1. The fraction of sp³-hybridized carbons (Fsp3) is 0.643. The van der Waals surface area contributed by atoms with E-state index in [1.54, 1.807) is 0 Å². The molecule has 21 heavy (non-hydrogen) atoms. The number of urea groups is 1. The zero-order valence-corrected chi connectivity index (χ0v) is 13.6. The summed E-state index contributed by atoms with van der Waals surface area (Å²) >= 11 is 1.82. The summed E-state index contributed by atoms with van der Waals surface area (Å²) in [4.78, 5) is 33.8. The minimum absolute atomic E-state index is 0.0229. The van der Waals surface area contributed by atoms with Gasteiger partial charge < -0.3 is 10.4 Å². The summed E-state index contributed by atoms with van der Waals surface area (Å²) in [7, 11) is 0. The molecule has 0 aromatic carbocycles. The summed E-state index contributed by atoms with van der Waals surface area (Å²) in [5, 5.41) is 13.5. The van der Waals surface area contributed by atoms with E-state index < -0.39 is 17.9 Å². The first-order valence-corrected chi connectivity index (χ1v) is 8.28. The number of unbranched alkanes of at least 4 members (excludes halogenated alkanes) is 3. The van der Waals surface area contributed by atoms with Crippen LogP contribution < -0.4 is 10.6 Å². The highest BCUT2D eigenvalue weighted by molar-refractivity contribution is 7.98. The van der Waals surface area contributed by atoms with Crippen molar-refractivity contribution in [1.82, 2.24) is 10.6 Å². The van der Waals surface area contributed by atoms with Crippen LogP contribution in [0.25, 0.3) is 0 Å². The Balaban J connectivity index is 3.92. The van der Waals surface area contributed by atoms with Crippen LogP contribution in [0.1, 0.15) is 39.5 Å². The average molecular weight is 316 g/mol. The van der Waals surface area contributed by atoms with Gasteiger partial charge in [0.15, 0.2) is 0 Å². The molecule has 0 aliphatic carbocycles. The van der Waals surface area contributed by atoms with E-state index in [9.17, 15) is 14.4 Å². The first kappa shape index (κ1) is 19.5. The van der Waals surface area contributed by atoms with Crippen molar-refractivity contribution in [3.63, 3.8) is 0 Å². The highest BCUT2D eigenvalue weighted by Gasteiger charge is 2.14. The van der Waals surface area contributed by atoms with Gasteiger partial charge in [-0.15, -0.1) is 0 Å². The summed E-state index contributed by atoms with van der Waals surface area (Å²) in [6.45, 7) is 3.20. The molecule has 0 fully saturated rings. The van der Waals surface area contributed by atoms with Crippen LogP contribution in [-0.4, -0.2) is 41.6 Å². The largest absolute Gasteiger partial charge is 0.478 e. The summed E-state index contributed by atoms with van der Waals surface area (Å²) in [5.74, 6) is -0.711. The van der Waals surface area contributed by atoms with Gasteiger partial charge in [-0.2, -0.15) is 11.8 Å². The quantitative estimate of drug-likeness (QED) is 0.447. The third kappa shape index (κ3) is 9.12. The minimum Gasteiger partial charge on any atom is -0.478 e. The number of carbonyl (C=O) groups is 3. The lowest BCUT2D eigenvalue weighted by atomic mass is 10.1. The Kier molecular flexibility index (Phi) is 10.4. The van der Waals surface area contributed by atoms with Gasteiger partial charge in [0, 0.05) is 17.7 Å². The van der Waals surface area contributed by atoms with Crippen molar-refractivity contribution in [2.24, 2.45) is 0 Å². The Bertz CT molecular complexity index is 408. The van der Waals surface area contributed by atoms with Gasteiger partial charge in [0.25, 0.3) is 5.91 Å². The van der Waals surface area contributed by atoms with E-state index in [0.29, 0.717) is 6.54 Å². The second-order valence-electron chi connectivity index (χ2n) is 4.67. The van der Waals surface area contributed by atoms with Gasteiger partial charge in [-0.3, -0.25) is 10.1 Å². The molecule has 0 radical (unpaired) electrons. The number of hydrogen-bond acceptors (Lipinski definition) is 4. The molecule has 3 N–H and O–H groups in total. The molecule has 0 rings (SSSR count). The molecule has 7 heteroatoms. The maximum absolute atomic E-state index is 11.6. The van der Waals surface area contributed by atoms with Gasteiger partial charge in [-0.25, -0.2) is 9.59 Å². The molecule has 0 unspecified atom stereocenters. The molecular weight excluding hydrogens is 292 g/mol. The van der Waals surface area contributed by atoms with Gasteiger partial charge in [0.2, 0.25) is 0 Å². The Morgan fingerprint density at radius 2 is 1.62 bits per heavy atom. The Morgan fingerprint density at radius 1 is 1.00 bits per heavy atom. The molecule has 0 saturated carbocycles. The topological polar surface area (TPSA) is 95.5 Å². The van der Waals surface area contributed by atoms with Crippen molar-refractivity contribution < 1.29 is 19.5 Å². The van der Waals surface area contributed by atoms with Gasteiger partial charge in [0.05, 0.1) is 0 Å². The summed E-state index contributed by atoms with van der Waals surface area (Å²) in [6.07, 6.45) is 6.27. The number of hydrogen-bond donors (Lipinski definition) is 3. The number of carbonyl (C=O) groups excluding carboxylic acids is 2. The second kappa shape index (κ2) is 11.2. The smallest absolute Gasteiger partial charge is 0.331 e. The number of nitrogens with one attached hydrogen (secondary N) is 2. The normalized spacial score (nSPS) is 11.6. The van der Waals surface area contributed by atoms with Gasteiger partial charge >= 0.3 is 12.0 Å². The van der Waals surface area contributed by atoms with Crippen LogP contribution in [0.3, 0.4) is 0 Å². The van der Waals surface area contributed by atoms with Crippen molar-refractivity contribution in [3.8, 4) is 0 Å². The predicted molar refractivity (Wildman–Crippen MR) is 84.4 cm³/mol. The number of aliphatic carboxylic acids is 1. The zero-order chi connectivity index (χ0) is 16.3. The van der Waals surface area contributed by atoms with Crippen LogP contribution in [0.5, 0.6) is 0 Å². The van der Waals surface area contributed by atoms with Crippen LogP contribution in [0.4, 0.5) is 4.79 Å². The number of thioether (sulfide) groups is 1. The van der Waals surface area contributed by atoms with E-state index in [1.165, 1.54) is 20.3 Å². The monoisotopic (exact) mass is 316 g/mol. The summed E-state index contributed by atoms with van der Waals surface area (Å²) < 4.78 is 0. The van der Waals surface area contributed by atoms with Crippen LogP contribution >= 0.6 is 11.8 Å². The standard InChI is InChI=1S/C14H24N2O4S/c1-10(11(2)13(18)19)12(17)16-14(20)15-8-6-4-5-7-9-21-3/h4-9H2,1-3H3,(H,18,19)(H2,15,16,17,20). The van der Waals surface area contributed by atoms with Gasteiger partial charge in [-0.05, 0) is 38.7 Å². The number of carboxylic acid groups (broad SMARTS) is 1. The zero-order valence-electron chi connectivity index (χ0n) is 12.8. The van der Waals surface area contributed by atoms with Crippen molar-refractivity contribution in [2.75, 3.05) is 18.6 Å². The third-order valence-electron chi connectivity index (χ3n) is 3.01. The van der Waals surface area contributed by atoms with E-state index in [4.69, 9.17) is 5.11 Å². The first-order valence-electron chi connectivity index (χ1n) is 6.89. The molecule has 0 heterocycles. The van der Waals surface area contributed by atoms with E-state index in [1.807, 2.05) is 11.8 Å². The van der Waals surface area contributed by atoms with Gasteiger partial charge in [-0.1, -0.05) is 12.8 Å². The summed E-state index contributed by atoms with van der Waals surface area (Å²) in [6, 6.07) is -0.596. The number of rotatable bonds is 9. The average Bonchev–Trinajstić information content (AvgIpc) is 2.44.